The fourth-order valence-corrected chi connectivity index (χ4v) is 6.58. The number of benzene rings is 2. The van der Waals surface area contributed by atoms with E-state index in [0.29, 0.717) is 24.5 Å². The standard InChI is InChI=1S/C34H40F3N3O2/c1-2-42-33(41)21-24-7-5-10-26(19-24)27-16-17-38-32(22-27)39-31-11-4-3-9-28(31)20-25-8-6-18-40(23-25)30-14-12-29(13-15-30)34(35,36)37/h5,7,10,12-17,19,22,25,28,31H,2-4,6,8-9,11,18,20-21,23H2,1H3,(H,38,39)/t25-,28+,31-/m1/s1. The maximum Gasteiger partial charge on any atom is 0.416 e. The molecule has 2 aromatic carbocycles. The summed E-state index contributed by atoms with van der Waals surface area (Å²) in [7, 11) is 0. The third-order valence-corrected chi connectivity index (χ3v) is 8.63. The molecule has 0 amide bonds. The molecular formula is C34H40F3N3O2. The summed E-state index contributed by atoms with van der Waals surface area (Å²) in [5.41, 5.74) is 3.27. The SMILES string of the molecule is CCOC(=O)Cc1cccc(-c2ccnc(N[C@@H]3CCCC[C@H]3C[C@H]3CCCN(c4ccc(C(F)(F)F)cc4)C3)c2)c1. The van der Waals surface area contributed by atoms with E-state index in [9.17, 15) is 18.0 Å². The second-order valence-electron chi connectivity index (χ2n) is 11.6. The smallest absolute Gasteiger partial charge is 0.416 e. The minimum absolute atomic E-state index is 0.226. The number of nitrogens with zero attached hydrogens (tertiary/aromatic N) is 2. The van der Waals surface area contributed by atoms with Crippen LogP contribution in [0.4, 0.5) is 24.7 Å². The lowest BCUT2D eigenvalue weighted by Gasteiger charge is -2.39. The van der Waals surface area contributed by atoms with Gasteiger partial charge in [-0.1, -0.05) is 37.1 Å². The zero-order valence-corrected chi connectivity index (χ0v) is 24.2. The van der Waals surface area contributed by atoms with Crippen molar-refractivity contribution in [1.29, 1.82) is 0 Å². The maximum absolute atomic E-state index is 13.0. The zero-order chi connectivity index (χ0) is 29.5. The molecule has 0 unspecified atom stereocenters. The highest BCUT2D eigenvalue weighted by atomic mass is 19.4. The van der Waals surface area contributed by atoms with Crippen molar-refractivity contribution in [3.8, 4) is 11.1 Å². The lowest BCUT2D eigenvalue weighted by Crippen LogP contribution is -2.39. The van der Waals surface area contributed by atoms with Crippen LogP contribution in [0.2, 0.25) is 0 Å². The highest BCUT2D eigenvalue weighted by Crippen LogP contribution is 2.36. The highest BCUT2D eigenvalue weighted by Gasteiger charge is 2.32. The average Bonchev–Trinajstić information content (AvgIpc) is 2.98. The van der Waals surface area contributed by atoms with Crippen molar-refractivity contribution in [2.75, 3.05) is 29.9 Å². The number of alkyl halides is 3. The molecule has 8 heteroatoms. The molecule has 2 aliphatic rings. The lowest BCUT2D eigenvalue weighted by molar-refractivity contribution is -0.142. The Labute approximate surface area is 246 Å². The number of esters is 1. The first-order chi connectivity index (χ1) is 20.3. The fourth-order valence-electron chi connectivity index (χ4n) is 6.58. The molecule has 3 atom stereocenters. The van der Waals surface area contributed by atoms with E-state index >= 15 is 0 Å². The van der Waals surface area contributed by atoms with E-state index in [1.165, 1.54) is 31.4 Å². The van der Waals surface area contributed by atoms with Crippen molar-refractivity contribution in [2.45, 2.75) is 70.5 Å². The average molecular weight is 580 g/mol. The summed E-state index contributed by atoms with van der Waals surface area (Å²) in [6.07, 6.45) is 5.75. The van der Waals surface area contributed by atoms with Gasteiger partial charge in [-0.25, -0.2) is 4.98 Å². The Morgan fingerprint density at radius 2 is 1.79 bits per heavy atom. The minimum Gasteiger partial charge on any atom is -0.466 e. The third kappa shape index (κ3) is 7.84. The molecular weight excluding hydrogens is 539 g/mol. The maximum atomic E-state index is 13.0. The van der Waals surface area contributed by atoms with E-state index < -0.39 is 11.7 Å². The summed E-state index contributed by atoms with van der Waals surface area (Å²) < 4.78 is 44.2. The first-order valence-electron chi connectivity index (χ1n) is 15.2. The molecule has 42 heavy (non-hydrogen) atoms. The molecule has 1 aliphatic heterocycles. The number of aromatic nitrogens is 1. The third-order valence-electron chi connectivity index (χ3n) is 8.63. The van der Waals surface area contributed by atoms with E-state index in [2.05, 4.69) is 21.3 Å². The largest absolute Gasteiger partial charge is 0.466 e. The molecule has 1 N–H and O–H groups in total. The molecule has 0 radical (unpaired) electrons. The summed E-state index contributed by atoms with van der Waals surface area (Å²) in [6.45, 7) is 3.94. The second kappa shape index (κ2) is 13.6. The predicted octanol–water partition coefficient (Wildman–Crippen LogP) is 8.15. The number of piperidine rings is 1. The van der Waals surface area contributed by atoms with Crippen molar-refractivity contribution in [3.05, 3.63) is 78.0 Å². The molecule has 5 nitrogen and oxygen atoms in total. The Balaban J connectivity index is 1.22. The number of hydrogen-bond acceptors (Lipinski definition) is 5. The van der Waals surface area contributed by atoms with Gasteiger partial charge >= 0.3 is 12.1 Å². The van der Waals surface area contributed by atoms with Crippen LogP contribution in [0.25, 0.3) is 11.1 Å². The van der Waals surface area contributed by atoms with Crippen molar-refractivity contribution in [2.24, 2.45) is 11.8 Å². The van der Waals surface area contributed by atoms with Gasteiger partial charge in [-0.15, -0.1) is 0 Å². The van der Waals surface area contributed by atoms with Crippen LogP contribution in [0.3, 0.4) is 0 Å². The molecule has 0 bridgehead atoms. The Hall–Kier alpha value is -3.55. The van der Waals surface area contributed by atoms with Crippen LogP contribution in [0.5, 0.6) is 0 Å². The number of halogens is 3. The number of rotatable bonds is 9. The number of anilines is 2. The molecule has 1 aliphatic carbocycles. The van der Waals surface area contributed by atoms with Crippen LogP contribution in [-0.2, 0) is 22.1 Å². The van der Waals surface area contributed by atoms with Gasteiger partial charge in [-0.05, 0) is 104 Å². The quantitative estimate of drug-likeness (QED) is 0.259. The monoisotopic (exact) mass is 579 g/mol. The van der Waals surface area contributed by atoms with Crippen LogP contribution in [0.1, 0.15) is 63.0 Å². The second-order valence-corrected chi connectivity index (χ2v) is 11.6. The van der Waals surface area contributed by atoms with Gasteiger partial charge in [0.15, 0.2) is 0 Å². The van der Waals surface area contributed by atoms with Gasteiger partial charge in [0.2, 0.25) is 0 Å². The van der Waals surface area contributed by atoms with Crippen molar-refractivity contribution >= 4 is 17.5 Å². The molecule has 1 aromatic heterocycles. The minimum atomic E-state index is -4.31. The number of hydrogen-bond donors (Lipinski definition) is 1. The molecule has 2 fully saturated rings. The van der Waals surface area contributed by atoms with E-state index in [1.54, 1.807) is 12.1 Å². The first-order valence-corrected chi connectivity index (χ1v) is 15.2. The number of pyridine rings is 1. The van der Waals surface area contributed by atoms with Crippen molar-refractivity contribution in [3.63, 3.8) is 0 Å². The van der Waals surface area contributed by atoms with Crippen LogP contribution in [0.15, 0.2) is 66.9 Å². The molecule has 1 saturated carbocycles. The number of carbonyl (C=O) groups excluding carboxylic acids is 1. The Morgan fingerprint density at radius 3 is 2.57 bits per heavy atom. The predicted molar refractivity (Wildman–Crippen MR) is 160 cm³/mol. The molecule has 3 aromatic rings. The van der Waals surface area contributed by atoms with Crippen molar-refractivity contribution in [1.82, 2.24) is 4.98 Å². The first kappa shape index (κ1) is 29.9. The zero-order valence-electron chi connectivity index (χ0n) is 24.2. The van der Waals surface area contributed by atoms with Gasteiger partial charge < -0.3 is 15.0 Å². The fraction of sp³-hybridized carbons (Fsp3) is 0.471. The van der Waals surface area contributed by atoms with Gasteiger partial charge in [0.05, 0.1) is 18.6 Å². The lowest BCUT2D eigenvalue weighted by atomic mass is 9.77. The normalized spacial score (nSPS) is 21.1. The van der Waals surface area contributed by atoms with E-state index in [4.69, 9.17) is 4.74 Å². The van der Waals surface area contributed by atoms with Crippen LogP contribution < -0.4 is 10.2 Å². The molecule has 2 heterocycles. The number of carbonyl (C=O) groups is 1. The number of ether oxygens (including phenoxy) is 1. The van der Waals surface area contributed by atoms with Gasteiger partial charge in [-0.3, -0.25) is 4.79 Å². The Bertz CT molecular complexity index is 1330. The molecule has 5 rings (SSSR count). The topological polar surface area (TPSA) is 54.5 Å². The van der Waals surface area contributed by atoms with Gasteiger partial charge in [0, 0.05) is 31.0 Å². The molecule has 0 spiro atoms. The van der Waals surface area contributed by atoms with Crippen molar-refractivity contribution < 1.29 is 22.7 Å². The molecule has 1 saturated heterocycles. The van der Waals surface area contributed by atoms with E-state index in [1.807, 2.05) is 43.5 Å². The van der Waals surface area contributed by atoms with Crippen LogP contribution >= 0.6 is 0 Å². The Kier molecular flexibility index (Phi) is 9.70. The van der Waals surface area contributed by atoms with Gasteiger partial charge in [0.25, 0.3) is 0 Å². The summed E-state index contributed by atoms with van der Waals surface area (Å²) >= 11 is 0. The summed E-state index contributed by atoms with van der Waals surface area (Å²) in [5.74, 6) is 1.66. The summed E-state index contributed by atoms with van der Waals surface area (Å²) in [5, 5.41) is 3.75. The summed E-state index contributed by atoms with van der Waals surface area (Å²) in [4.78, 5) is 18.9. The van der Waals surface area contributed by atoms with Crippen LogP contribution in [-0.4, -0.2) is 36.7 Å². The summed E-state index contributed by atoms with van der Waals surface area (Å²) in [6, 6.07) is 18.0. The van der Waals surface area contributed by atoms with Gasteiger partial charge in [-0.2, -0.15) is 13.2 Å². The Morgan fingerprint density at radius 1 is 1.00 bits per heavy atom. The van der Waals surface area contributed by atoms with E-state index in [0.717, 1.165) is 67.0 Å². The molecule has 224 valence electrons. The van der Waals surface area contributed by atoms with E-state index in [-0.39, 0.29) is 12.4 Å². The highest BCUT2D eigenvalue weighted by molar-refractivity contribution is 5.74. The van der Waals surface area contributed by atoms with Crippen LogP contribution in [0, 0.1) is 11.8 Å². The van der Waals surface area contributed by atoms with Gasteiger partial charge in [0.1, 0.15) is 5.82 Å². The number of nitrogens with one attached hydrogen (secondary N) is 1.